The number of H-pyrrole nitrogens is 1. The third-order valence-corrected chi connectivity index (χ3v) is 3.39. The van der Waals surface area contributed by atoms with E-state index in [2.05, 4.69) is 20.5 Å². The average Bonchev–Trinajstić information content (AvgIpc) is 2.97. The number of benzene rings is 1. The molecule has 2 aromatic heterocycles. The molecule has 3 rings (SSSR count). The maximum atomic E-state index is 11.8. The normalized spacial score (nSPS) is 10.7. The molecule has 6 nitrogen and oxygen atoms in total. The van der Waals surface area contributed by atoms with Crippen LogP contribution in [0.15, 0.2) is 30.5 Å². The lowest BCUT2D eigenvalue weighted by Crippen LogP contribution is -2.14. The minimum Gasteiger partial charge on any atom is -0.374 e. The molecule has 0 saturated carbocycles. The third-order valence-electron chi connectivity index (χ3n) is 2.63. The number of nitrogens with two attached hydrogens (primary N) is 1. The summed E-state index contributed by atoms with van der Waals surface area (Å²) in [6, 6.07) is 7.68. The van der Waals surface area contributed by atoms with Crippen molar-refractivity contribution in [3.8, 4) is 0 Å². The van der Waals surface area contributed by atoms with Crippen LogP contribution in [0, 0.1) is 0 Å². The Balaban J connectivity index is 1.71. The summed E-state index contributed by atoms with van der Waals surface area (Å²) in [5.74, 6) is -0.137. The number of aromatic amines is 1. The van der Waals surface area contributed by atoms with Crippen LogP contribution in [0.4, 0.5) is 10.8 Å². The highest BCUT2D eigenvalue weighted by Crippen LogP contribution is 2.18. The first kappa shape index (κ1) is 11.7. The summed E-state index contributed by atoms with van der Waals surface area (Å²) in [5, 5.41) is 12.4. The van der Waals surface area contributed by atoms with Crippen molar-refractivity contribution < 1.29 is 4.79 Å². The molecule has 0 saturated heterocycles. The van der Waals surface area contributed by atoms with Crippen molar-refractivity contribution in [3.63, 3.8) is 0 Å². The molecule has 0 aliphatic rings. The van der Waals surface area contributed by atoms with Crippen molar-refractivity contribution in [2.24, 2.45) is 0 Å². The summed E-state index contributed by atoms with van der Waals surface area (Å²) in [5.41, 5.74) is 7.20. The highest BCUT2D eigenvalue weighted by molar-refractivity contribution is 7.15. The van der Waals surface area contributed by atoms with Gasteiger partial charge in [0.2, 0.25) is 11.0 Å². The summed E-state index contributed by atoms with van der Waals surface area (Å²) in [6.45, 7) is 0. The first-order valence-corrected chi connectivity index (χ1v) is 6.47. The Morgan fingerprint density at radius 3 is 3.05 bits per heavy atom. The van der Waals surface area contributed by atoms with E-state index < -0.39 is 0 Å². The van der Waals surface area contributed by atoms with Gasteiger partial charge in [0.15, 0.2) is 0 Å². The fourth-order valence-corrected chi connectivity index (χ4v) is 2.41. The summed E-state index contributed by atoms with van der Waals surface area (Å²) < 4.78 is 0. The second-order valence-corrected chi connectivity index (χ2v) is 5.13. The van der Waals surface area contributed by atoms with Gasteiger partial charge in [0, 0.05) is 17.4 Å². The van der Waals surface area contributed by atoms with Gasteiger partial charge in [-0.25, -0.2) is 0 Å². The van der Waals surface area contributed by atoms with Crippen LogP contribution < -0.4 is 11.1 Å². The van der Waals surface area contributed by atoms with E-state index in [1.54, 1.807) is 0 Å². The van der Waals surface area contributed by atoms with E-state index in [4.69, 9.17) is 5.73 Å². The summed E-state index contributed by atoms with van der Waals surface area (Å²) >= 11 is 1.22. The summed E-state index contributed by atoms with van der Waals surface area (Å²) in [4.78, 5) is 14.9. The molecule has 4 N–H and O–H groups in total. The van der Waals surface area contributed by atoms with Crippen molar-refractivity contribution in [3.05, 3.63) is 35.5 Å². The van der Waals surface area contributed by atoms with Gasteiger partial charge in [-0.05, 0) is 23.6 Å². The van der Waals surface area contributed by atoms with E-state index in [1.807, 2.05) is 30.5 Å². The van der Waals surface area contributed by atoms with Gasteiger partial charge in [0.05, 0.1) is 6.42 Å². The van der Waals surface area contributed by atoms with Crippen molar-refractivity contribution in [2.45, 2.75) is 6.42 Å². The first-order chi connectivity index (χ1) is 9.20. The molecule has 1 aromatic carbocycles. The predicted molar refractivity (Wildman–Crippen MR) is 75.0 cm³/mol. The number of nitrogen functional groups attached to an aromatic ring is 1. The van der Waals surface area contributed by atoms with Crippen LogP contribution in [-0.2, 0) is 11.2 Å². The molecule has 0 bridgehead atoms. The molecule has 0 aliphatic carbocycles. The van der Waals surface area contributed by atoms with Crippen molar-refractivity contribution >= 4 is 39.0 Å². The molecule has 0 aliphatic heterocycles. The zero-order chi connectivity index (χ0) is 13.2. The zero-order valence-electron chi connectivity index (χ0n) is 9.88. The van der Waals surface area contributed by atoms with Crippen LogP contribution in [0.25, 0.3) is 10.9 Å². The topological polar surface area (TPSA) is 96.7 Å². The molecule has 96 valence electrons. The third kappa shape index (κ3) is 2.55. The Morgan fingerprint density at radius 2 is 2.26 bits per heavy atom. The Morgan fingerprint density at radius 1 is 1.37 bits per heavy atom. The van der Waals surface area contributed by atoms with Gasteiger partial charge in [-0.2, -0.15) is 0 Å². The number of fused-ring (bicyclic) bond motifs is 1. The lowest BCUT2D eigenvalue weighted by molar-refractivity contribution is -0.115. The SMILES string of the molecule is Nc1nnc(CC(=O)Nc2ccc3cc[nH]c3c2)s1. The van der Waals surface area contributed by atoms with Crippen LogP contribution in [0.2, 0.25) is 0 Å². The molecule has 19 heavy (non-hydrogen) atoms. The molecule has 0 unspecified atom stereocenters. The number of carbonyl (C=O) groups excluding carboxylic acids is 1. The van der Waals surface area contributed by atoms with Gasteiger partial charge in [-0.1, -0.05) is 17.4 Å². The summed E-state index contributed by atoms with van der Waals surface area (Å²) in [6.07, 6.45) is 2.04. The van der Waals surface area contributed by atoms with E-state index in [9.17, 15) is 4.79 Å². The van der Waals surface area contributed by atoms with E-state index in [-0.39, 0.29) is 12.3 Å². The number of carbonyl (C=O) groups is 1. The van der Waals surface area contributed by atoms with Crippen molar-refractivity contribution in [2.75, 3.05) is 11.1 Å². The molecular formula is C12H11N5OS. The van der Waals surface area contributed by atoms with E-state index in [1.165, 1.54) is 11.3 Å². The van der Waals surface area contributed by atoms with E-state index in [0.29, 0.717) is 10.1 Å². The monoisotopic (exact) mass is 273 g/mol. The summed E-state index contributed by atoms with van der Waals surface area (Å²) in [7, 11) is 0. The molecule has 1 amide bonds. The quantitative estimate of drug-likeness (QED) is 0.677. The highest BCUT2D eigenvalue weighted by atomic mass is 32.1. The largest absolute Gasteiger partial charge is 0.374 e. The number of aromatic nitrogens is 3. The van der Waals surface area contributed by atoms with Gasteiger partial charge in [0.25, 0.3) is 0 Å². The number of nitrogens with one attached hydrogen (secondary N) is 2. The first-order valence-electron chi connectivity index (χ1n) is 5.65. The molecule has 0 fully saturated rings. The van der Waals surface area contributed by atoms with Crippen LogP contribution in [0.1, 0.15) is 5.01 Å². The number of hydrogen-bond acceptors (Lipinski definition) is 5. The number of rotatable bonds is 3. The molecular weight excluding hydrogens is 262 g/mol. The predicted octanol–water partition coefficient (Wildman–Crippen LogP) is 1.78. The molecule has 0 radical (unpaired) electrons. The Labute approximate surface area is 112 Å². The van der Waals surface area contributed by atoms with Gasteiger partial charge in [-0.15, -0.1) is 10.2 Å². The number of nitrogens with zero attached hydrogens (tertiary/aromatic N) is 2. The second-order valence-electron chi connectivity index (χ2n) is 4.04. The maximum absolute atomic E-state index is 11.8. The highest BCUT2D eigenvalue weighted by Gasteiger charge is 2.08. The van der Waals surface area contributed by atoms with Crippen molar-refractivity contribution in [1.29, 1.82) is 0 Å². The maximum Gasteiger partial charge on any atom is 0.231 e. The smallest absolute Gasteiger partial charge is 0.231 e. The van der Waals surface area contributed by atoms with Gasteiger partial charge >= 0.3 is 0 Å². The second kappa shape index (κ2) is 4.69. The number of hydrogen-bond donors (Lipinski definition) is 3. The van der Waals surface area contributed by atoms with Gasteiger partial charge in [-0.3, -0.25) is 4.79 Å². The van der Waals surface area contributed by atoms with Crippen LogP contribution >= 0.6 is 11.3 Å². The average molecular weight is 273 g/mol. The van der Waals surface area contributed by atoms with E-state index >= 15 is 0 Å². The van der Waals surface area contributed by atoms with Crippen LogP contribution in [-0.4, -0.2) is 21.1 Å². The molecule has 0 atom stereocenters. The zero-order valence-corrected chi connectivity index (χ0v) is 10.7. The lowest BCUT2D eigenvalue weighted by atomic mass is 10.2. The molecule has 3 aromatic rings. The number of amides is 1. The minimum atomic E-state index is -0.137. The minimum absolute atomic E-state index is 0.137. The van der Waals surface area contributed by atoms with Gasteiger partial charge < -0.3 is 16.0 Å². The van der Waals surface area contributed by atoms with Crippen LogP contribution in [0.5, 0.6) is 0 Å². The van der Waals surface area contributed by atoms with Crippen LogP contribution in [0.3, 0.4) is 0 Å². The number of anilines is 2. The van der Waals surface area contributed by atoms with Gasteiger partial charge in [0.1, 0.15) is 5.01 Å². The Hall–Kier alpha value is -2.41. The molecule has 2 heterocycles. The van der Waals surface area contributed by atoms with E-state index in [0.717, 1.165) is 16.6 Å². The fourth-order valence-electron chi connectivity index (χ4n) is 1.81. The molecule has 0 spiro atoms. The Kier molecular flexibility index (Phi) is 2.88. The fraction of sp³-hybridized carbons (Fsp3) is 0.0833. The van der Waals surface area contributed by atoms with Crippen molar-refractivity contribution in [1.82, 2.24) is 15.2 Å². The lowest BCUT2D eigenvalue weighted by Gasteiger charge is -2.03. The Bertz CT molecular complexity index is 732. The standard InChI is InChI=1S/C12H11N5OS/c13-12-17-16-11(19-12)6-10(18)15-8-2-1-7-3-4-14-9(7)5-8/h1-5,14H,6H2,(H2,13,17)(H,15,18). The molecule has 7 heteroatoms.